The topological polar surface area (TPSA) is 135 Å². The van der Waals surface area contributed by atoms with Gasteiger partial charge in [-0.15, -0.1) is 0 Å². The van der Waals surface area contributed by atoms with Gasteiger partial charge in [0, 0.05) is 29.5 Å². The minimum absolute atomic E-state index is 0.0177. The summed E-state index contributed by atoms with van der Waals surface area (Å²) in [4.78, 5) is 25.9. The Labute approximate surface area is 154 Å². The van der Waals surface area contributed by atoms with E-state index in [1.54, 1.807) is 6.92 Å². The number of aliphatic hydroxyl groups excluding tert-OH is 2. The van der Waals surface area contributed by atoms with Crippen LogP contribution in [-0.4, -0.2) is 42.7 Å². The number of phenols is 2. The molecule has 27 heavy (non-hydrogen) atoms. The predicted octanol–water partition coefficient (Wildman–Crippen LogP) is 1.10. The highest BCUT2D eigenvalue weighted by molar-refractivity contribution is 6.30. The molecule has 0 spiro atoms. The fourth-order valence-electron chi connectivity index (χ4n) is 4.13. The lowest BCUT2D eigenvalue weighted by Crippen LogP contribution is -2.35. The van der Waals surface area contributed by atoms with E-state index in [0.717, 1.165) is 0 Å². The van der Waals surface area contributed by atoms with E-state index in [2.05, 4.69) is 0 Å². The molecule has 0 saturated heterocycles. The summed E-state index contributed by atoms with van der Waals surface area (Å²) in [7, 11) is 0. The van der Waals surface area contributed by atoms with E-state index >= 15 is 0 Å². The molecule has 4 rings (SSSR count). The molecule has 2 unspecified atom stereocenters. The van der Waals surface area contributed by atoms with Crippen molar-refractivity contribution in [3.8, 4) is 11.5 Å². The van der Waals surface area contributed by atoms with Gasteiger partial charge >= 0.3 is 0 Å². The third kappa shape index (κ3) is 2.47. The molecule has 0 heterocycles. The average Bonchev–Trinajstić information content (AvgIpc) is 2.56. The number of carbonyl (C=O) groups excluding carboxylic acids is 2. The van der Waals surface area contributed by atoms with E-state index in [0.29, 0.717) is 5.56 Å². The molecule has 7 nitrogen and oxygen atoms in total. The van der Waals surface area contributed by atoms with Crippen LogP contribution in [0.1, 0.15) is 68.0 Å². The zero-order valence-corrected chi connectivity index (χ0v) is 14.5. The molecular formula is C20H18O7. The molecule has 7 heteroatoms. The van der Waals surface area contributed by atoms with Crippen LogP contribution >= 0.6 is 0 Å². The number of benzene rings is 2. The Kier molecular flexibility index (Phi) is 3.68. The van der Waals surface area contributed by atoms with E-state index in [1.165, 1.54) is 18.2 Å². The second kappa shape index (κ2) is 5.63. The van der Waals surface area contributed by atoms with Gasteiger partial charge in [-0.3, -0.25) is 9.59 Å². The maximum Gasteiger partial charge on any atom is 0.201 e. The Balaban J connectivity index is 1.99. The first kappa shape index (κ1) is 17.7. The SMILES string of the molecule is CC1(O)Cc2cc3c(c(O)c2C(O)C1)C(=O)c1c(O)cc(CO)cc1C3=O. The fraction of sp³-hybridized carbons (Fsp3) is 0.300. The summed E-state index contributed by atoms with van der Waals surface area (Å²) in [6.07, 6.45) is -1.10. The first-order valence-corrected chi connectivity index (χ1v) is 8.50. The molecule has 0 aromatic heterocycles. The third-order valence-electron chi connectivity index (χ3n) is 5.27. The van der Waals surface area contributed by atoms with E-state index < -0.39 is 41.4 Å². The molecule has 2 aliphatic carbocycles. The van der Waals surface area contributed by atoms with Crippen LogP contribution in [0.4, 0.5) is 0 Å². The number of carbonyl (C=O) groups is 2. The second-order valence-corrected chi connectivity index (χ2v) is 7.47. The normalized spacial score (nSPS) is 23.6. The van der Waals surface area contributed by atoms with E-state index in [4.69, 9.17) is 0 Å². The van der Waals surface area contributed by atoms with Crippen molar-refractivity contribution in [1.82, 2.24) is 0 Å². The van der Waals surface area contributed by atoms with Gasteiger partial charge in [0.05, 0.1) is 29.4 Å². The largest absolute Gasteiger partial charge is 0.507 e. The van der Waals surface area contributed by atoms with Crippen LogP contribution in [0.2, 0.25) is 0 Å². The minimum Gasteiger partial charge on any atom is -0.507 e. The van der Waals surface area contributed by atoms with Crippen LogP contribution in [0.5, 0.6) is 11.5 Å². The molecule has 0 radical (unpaired) electrons. The van der Waals surface area contributed by atoms with Crippen LogP contribution < -0.4 is 0 Å². The summed E-state index contributed by atoms with van der Waals surface area (Å²) in [6.45, 7) is 1.13. The van der Waals surface area contributed by atoms with Crippen LogP contribution in [-0.2, 0) is 13.0 Å². The average molecular weight is 370 g/mol. The number of hydrogen-bond acceptors (Lipinski definition) is 7. The number of aliphatic hydroxyl groups is 3. The number of rotatable bonds is 1. The Morgan fingerprint density at radius 3 is 2.41 bits per heavy atom. The lowest BCUT2D eigenvalue weighted by atomic mass is 9.74. The van der Waals surface area contributed by atoms with Crippen molar-refractivity contribution in [2.24, 2.45) is 0 Å². The fourth-order valence-corrected chi connectivity index (χ4v) is 4.13. The van der Waals surface area contributed by atoms with Crippen molar-refractivity contribution in [1.29, 1.82) is 0 Å². The smallest absolute Gasteiger partial charge is 0.201 e. The lowest BCUT2D eigenvalue weighted by molar-refractivity contribution is -0.00831. The van der Waals surface area contributed by atoms with Gasteiger partial charge in [0.1, 0.15) is 11.5 Å². The van der Waals surface area contributed by atoms with Crippen LogP contribution in [0.15, 0.2) is 18.2 Å². The van der Waals surface area contributed by atoms with Gasteiger partial charge in [-0.1, -0.05) is 0 Å². The Bertz CT molecular complexity index is 1020. The highest BCUT2D eigenvalue weighted by Crippen LogP contribution is 2.46. The first-order valence-electron chi connectivity index (χ1n) is 8.50. The van der Waals surface area contributed by atoms with Gasteiger partial charge in [-0.2, -0.15) is 0 Å². The van der Waals surface area contributed by atoms with Crippen molar-refractivity contribution in [3.05, 3.63) is 57.1 Å². The summed E-state index contributed by atoms with van der Waals surface area (Å²) in [5, 5.41) is 50.8. The molecule has 0 fully saturated rings. The minimum atomic E-state index is -1.21. The molecule has 0 aliphatic heterocycles. The number of aromatic hydroxyl groups is 2. The van der Waals surface area contributed by atoms with E-state index in [-0.39, 0.29) is 46.2 Å². The summed E-state index contributed by atoms with van der Waals surface area (Å²) in [5.74, 6) is -2.27. The zero-order valence-electron chi connectivity index (χ0n) is 14.5. The molecule has 2 atom stereocenters. The Hall–Kier alpha value is -2.74. The Morgan fingerprint density at radius 2 is 1.74 bits per heavy atom. The maximum absolute atomic E-state index is 13.0. The molecule has 140 valence electrons. The summed E-state index contributed by atoms with van der Waals surface area (Å²) >= 11 is 0. The van der Waals surface area contributed by atoms with Crippen LogP contribution in [0.3, 0.4) is 0 Å². The van der Waals surface area contributed by atoms with Crippen molar-refractivity contribution in [2.75, 3.05) is 0 Å². The molecule has 2 aliphatic rings. The number of ketones is 2. The number of hydrogen-bond donors (Lipinski definition) is 5. The molecule has 5 N–H and O–H groups in total. The van der Waals surface area contributed by atoms with Gasteiger partial charge in [-0.05, 0) is 36.2 Å². The quantitative estimate of drug-likeness (QED) is 0.433. The highest BCUT2D eigenvalue weighted by atomic mass is 16.3. The third-order valence-corrected chi connectivity index (χ3v) is 5.27. The molecule has 2 aromatic rings. The predicted molar refractivity (Wildman–Crippen MR) is 92.9 cm³/mol. The van der Waals surface area contributed by atoms with Crippen LogP contribution in [0, 0.1) is 0 Å². The number of phenolic OH excluding ortho intramolecular Hbond substituents is 2. The van der Waals surface area contributed by atoms with Crippen molar-refractivity contribution in [3.63, 3.8) is 0 Å². The standard InChI is InChI=1S/C20H18O7/c1-20(27)5-9-4-11-16(18(25)14(9)13(23)6-20)19(26)15-10(17(11)24)2-8(7-21)3-12(15)22/h2-4,13,21-23,25,27H,5-7H2,1H3. The van der Waals surface area contributed by atoms with Crippen molar-refractivity contribution in [2.45, 2.75) is 38.1 Å². The van der Waals surface area contributed by atoms with Gasteiger partial charge in [0.2, 0.25) is 5.78 Å². The molecule has 2 aromatic carbocycles. The molecule has 0 saturated carbocycles. The van der Waals surface area contributed by atoms with E-state index in [1.807, 2.05) is 0 Å². The Morgan fingerprint density at radius 1 is 1.07 bits per heavy atom. The van der Waals surface area contributed by atoms with Crippen LogP contribution in [0.25, 0.3) is 0 Å². The monoisotopic (exact) mass is 370 g/mol. The zero-order chi connectivity index (χ0) is 19.7. The van der Waals surface area contributed by atoms with Gasteiger partial charge in [-0.25, -0.2) is 0 Å². The van der Waals surface area contributed by atoms with Gasteiger partial charge in [0.15, 0.2) is 5.78 Å². The summed E-state index contributed by atoms with van der Waals surface area (Å²) in [5.41, 5.74) is -1.04. The second-order valence-electron chi connectivity index (χ2n) is 7.47. The molecule has 0 amide bonds. The molecular weight excluding hydrogens is 352 g/mol. The summed E-state index contributed by atoms with van der Waals surface area (Å²) in [6, 6.07) is 3.93. The highest BCUT2D eigenvalue weighted by Gasteiger charge is 2.41. The van der Waals surface area contributed by atoms with E-state index in [9.17, 15) is 35.1 Å². The molecule has 0 bridgehead atoms. The van der Waals surface area contributed by atoms with Gasteiger partial charge in [0.25, 0.3) is 0 Å². The van der Waals surface area contributed by atoms with Crippen molar-refractivity contribution < 1.29 is 35.1 Å². The van der Waals surface area contributed by atoms with Crippen molar-refractivity contribution >= 4 is 11.6 Å². The number of fused-ring (bicyclic) bond motifs is 3. The first-order chi connectivity index (χ1) is 12.6. The summed E-state index contributed by atoms with van der Waals surface area (Å²) < 4.78 is 0. The van der Waals surface area contributed by atoms with Gasteiger partial charge < -0.3 is 25.5 Å². The maximum atomic E-state index is 13.0. The lowest BCUT2D eigenvalue weighted by Gasteiger charge is -2.35.